The first-order valence-corrected chi connectivity index (χ1v) is 5.55. The van der Waals surface area contributed by atoms with Crippen molar-refractivity contribution in [1.29, 1.82) is 0 Å². The summed E-state index contributed by atoms with van der Waals surface area (Å²) in [6, 6.07) is 9.87. The number of aliphatic imine (C=N–C) groups is 2. The summed E-state index contributed by atoms with van der Waals surface area (Å²) in [6.07, 6.45) is 2.75. The number of aromatic amines is 1. The van der Waals surface area contributed by atoms with Crippen LogP contribution in [0.4, 0.5) is 5.82 Å². The summed E-state index contributed by atoms with van der Waals surface area (Å²) in [5.74, 6) is 0.950. The Balaban J connectivity index is 1.88. The molecule has 0 saturated carbocycles. The smallest absolute Gasteiger partial charge is 0.241 e. The largest absolute Gasteiger partial charge is 0.622 e. The highest BCUT2D eigenvalue weighted by atomic mass is 16.5. The van der Waals surface area contributed by atoms with E-state index < -0.39 is 0 Å². The van der Waals surface area contributed by atoms with Crippen molar-refractivity contribution in [3.05, 3.63) is 53.1 Å². The minimum Gasteiger partial charge on any atom is -0.622 e. The third-order valence-corrected chi connectivity index (χ3v) is 2.66. The van der Waals surface area contributed by atoms with Gasteiger partial charge in [-0.25, -0.2) is 4.98 Å². The Morgan fingerprint density at radius 1 is 1.28 bits per heavy atom. The highest BCUT2D eigenvalue weighted by Crippen LogP contribution is 2.11. The molecule has 1 aromatic heterocycles. The van der Waals surface area contributed by atoms with Gasteiger partial charge in [0.1, 0.15) is 0 Å². The average molecular weight is 241 g/mol. The quantitative estimate of drug-likeness (QED) is 0.747. The molecule has 2 N–H and O–H groups in total. The van der Waals surface area contributed by atoms with Gasteiger partial charge in [-0.05, 0) is 5.56 Å². The molecule has 6 nitrogen and oxygen atoms in total. The number of aromatic nitrogens is 2. The van der Waals surface area contributed by atoms with E-state index in [0.717, 1.165) is 5.56 Å². The maximum Gasteiger partial charge on any atom is 0.241 e. The van der Waals surface area contributed by atoms with E-state index in [-0.39, 0.29) is 5.06 Å². The minimum atomic E-state index is -0.166. The van der Waals surface area contributed by atoms with Gasteiger partial charge in [0.2, 0.25) is 5.82 Å². The zero-order valence-corrected chi connectivity index (χ0v) is 9.50. The summed E-state index contributed by atoms with van der Waals surface area (Å²) in [6.45, 7) is 0.522. The van der Waals surface area contributed by atoms with Crippen molar-refractivity contribution in [2.24, 2.45) is 9.98 Å². The molecule has 1 atom stereocenters. The van der Waals surface area contributed by atoms with Gasteiger partial charge in [0.25, 0.3) is 0 Å². The average Bonchev–Trinajstić information content (AvgIpc) is 2.90. The van der Waals surface area contributed by atoms with Crippen molar-refractivity contribution in [3.63, 3.8) is 0 Å². The van der Waals surface area contributed by atoms with Crippen LogP contribution in [0, 0.1) is 5.21 Å². The molecular weight excluding hydrogens is 230 g/mol. The first-order chi connectivity index (χ1) is 8.84. The summed E-state index contributed by atoms with van der Waals surface area (Å²) < 4.78 is 0. The van der Waals surface area contributed by atoms with Gasteiger partial charge in [-0.1, -0.05) is 30.3 Å². The van der Waals surface area contributed by atoms with Gasteiger partial charge in [0.15, 0.2) is 17.9 Å². The fourth-order valence-corrected chi connectivity index (χ4v) is 1.76. The second-order valence-corrected chi connectivity index (χ2v) is 3.87. The van der Waals surface area contributed by atoms with Crippen LogP contribution in [0.15, 0.2) is 46.6 Å². The highest BCUT2D eigenvalue weighted by molar-refractivity contribution is 6.05. The molecule has 6 heteroatoms. The number of hydrogen-bond acceptors (Lipinski definition) is 3. The third-order valence-electron chi connectivity index (χ3n) is 2.66. The highest BCUT2D eigenvalue weighted by Gasteiger charge is 2.21. The van der Waals surface area contributed by atoms with E-state index in [4.69, 9.17) is 0 Å². The van der Waals surface area contributed by atoms with Gasteiger partial charge < -0.3 is 5.21 Å². The van der Waals surface area contributed by atoms with E-state index in [9.17, 15) is 5.21 Å². The van der Waals surface area contributed by atoms with Crippen LogP contribution in [-0.2, 0) is 6.54 Å². The number of amidine groups is 1. The summed E-state index contributed by atoms with van der Waals surface area (Å²) >= 11 is 0. The van der Waals surface area contributed by atoms with Gasteiger partial charge in [-0.3, -0.25) is 15.0 Å². The predicted octanol–water partition coefficient (Wildman–Crippen LogP) is 0.413. The molecule has 3 rings (SSSR count). The van der Waals surface area contributed by atoms with Gasteiger partial charge in [0, 0.05) is 0 Å². The molecule has 1 aromatic carbocycles. The summed E-state index contributed by atoms with van der Waals surface area (Å²) in [5.41, 5.74) is 1.62. The molecule has 0 amide bonds. The lowest BCUT2D eigenvalue weighted by atomic mass is 10.2. The van der Waals surface area contributed by atoms with Crippen LogP contribution in [0.1, 0.15) is 11.3 Å². The van der Waals surface area contributed by atoms with Crippen LogP contribution in [-0.4, -0.2) is 22.1 Å². The summed E-state index contributed by atoms with van der Waals surface area (Å²) in [4.78, 5) is 15.3. The number of hydrogen-bond donors (Lipinski definition) is 2. The molecule has 0 bridgehead atoms. The van der Waals surface area contributed by atoms with Gasteiger partial charge >= 0.3 is 0 Å². The molecular formula is C12H11N5O. The Morgan fingerprint density at radius 3 is 2.94 bits per heavy atom. The number of hydroxylamine groups is 1. The van der Waals surface area contributed by atoms with Crippen LogP contribution in [0.5, 0.6) is 0 Å². The molecule has 2 aromatic rings. The molecule has 2 heterocycles. The van der Waals surface area contributed by atoms with Crippen LogP contribution >= 0.6 is 0 Å². The first-order valence-electron chi connectivity index (χ1n) is 5.55. The first kappa shape index (κ1) is 10.8. The molecule has 0 saturated heterocycles. The van der Waals surface area contributed by atoms with Gasteiger partial charge in [-0.2, -0.15) is 4.99 Å². The maximum atomic E-state index is 11.5. The van der Waals surface area contributed by atoms with E-state index in [1.807, 2.05) is 30.3 Å². The van der Waals surface area contributed by atoms with E-state index in [1.165, 1.54) is 12.7 Å². The predicted molar refractivity (Wildman–Crippen MR) is 67.8 cm³/mol. The molecule has 0 fully saturated rings. The molecule has 0 aliphatic carbocycles. The second kappa shape index (κ2) is 4.52. The van der Waals surface area contributed by atoms with Gasteiger partial charge in [0.05, 0.1) is 12.9 Å². The molecule has 1 unspecified atom stereocenters. The molecule has 1 aliphatic rings. The molecule has 0 radical (unpaired) electrons. The number of rotatable bonds is 2. The topological polar surface area (TPSA) is 80.9 Å². The number of nitrogens with zero attached hydrogens (tertiary/aromatic N) is 3. The Labute approximate surface area is 103 Å². The van der Waals surface area contributed by atoms with Crippen molar-refractivity contribution in [1.82, 2.24) is 9.97 Å². The molecule has 0 spiro atoms. The number of nitrogens with one attached hydrogen (secondary N) is 2. The Morgan fingerprint density at radius 2 is 2.11 bits per heavy atom. The van der Waals surface area contributed by atoms with Crippen LogP contribution < -0.4 is 5.06 Å². The number of H-pyrrole nitrogens is 1. The van der Waals surface area contributed by atoms with E-state index in [1.54, 1.807) is 0 Å². The lowest BCUT2D eigenvalue weighted by Gasteiger charge is -2.17. The number of fused-ring (bicyclic) bond motifs is 1. The molecule has 90 valence electrons. The van der Waals surface area contributed by atoms with Crippen molar-refractivity contribution in [2.75, 3.05) is 0 Å². The fraction of sp³-hybridized carbons (Fsp3) is 0.0833. The van der Waals surface area contributed by atoms with Gasteiger partial charge in [-0.15, -0.1) is 0 Å². The van der Waals surface area contributed by atoms with Crippen molar-refractivity contribution >= 4 is 18.0 Å². The van der Waals surface area contributed by atoms with Crippen molar-refractivity contribution in [3.8, 4) is 0 Å². The molecule has 1 aliphatic heterocycles. The third kappa shape index (κ3) is 1.94. The fourth-order valence-electron chi connectivity index (χ4n) is 1.76. The van der Waals surface area contributed by atoms with Crippen molar-refractivity contribution in [2.45, 2.75) is 6.54 Å². The summed E-state index contributed by atoms with van der Waals surface area (Å²) in [5, 5.41) is 11.3. The number of quaternary nitrogens is 1. The SMILES string of the molecule is [O-][NH+]1C=NC(=NCc2ccccc2)c2nc[nH]c21. The standard InChI is InChI=1S/C12H11N5O/c18-17-8-16-11(10-12(17)15-7-14-10)13-6-9-4-2-1-3-5-9/h1-5,7-8,17H,6H2,(H,14,15). The zero-order chi connectivity index (χ0) is 12.4. The normalized spacial score (nSPS) is 20.1. The zero-order valence-electron chi connectivity index (χ0n) is 9.50. The number of benzene rings is 1. The van der Waals surface area contributed by atoms with Crippen LogP contribution in [0.25, 0.3) is 0 Å². The van der Waals surface area contributed by atoms with E-state index >= 15 is 0 Å². The van der Waals surface area contributed by atoms with Crippen molar-refractivity contribution < 1.29 is 5.06 Å². The monoisotopic (exact) mass is 241 g/mol. The second-order valence-electron chi connectivity index (χ2n) is 3.87. The van der Waals surface area contributed by atoms with E-state index in [2.05, 4.69) is 20.0 Å². The van der Waals surface area contributed by atoms with Crippen LogP contribution in [0.2, 0.25) is 0 Å². The lowest BCUT2D eigenvalue weighted by Crippen LogP contribution is -3.02. The molecule has 18 heavy (non-hydrogen) atoms. The minimum absolute atomic E-state index is 0.166. The Hall–Kier alpha value is -2.31. The number of imidazole rings is 1. The Kier molecular flexibility index (Phi) is 2.71. The maximum absolute atomic E-state index is 11.5. The lowest BCUT2D eigenvalue weighted by molar-refractivity contribution is -0.662. The summed E-state index contributed by atoms with van der Waals surface area (Å²) in [7, 11) is 0. The van der Waals surface area contributed by atoms with E-state index in [0.29, 0.717) is 23.9 Å². The Bertz CT molecular complexity index is 602. The van der Waals surface area contributed by atoms with Crippen LogP contribution in [0.3, 0.4) is 0 Å².